The fourth-order valence-corrected chi connectivity index (χ4v) is 18.2. The van der Waals surface area contributed by atoms with Gasteiger partial charge < -0.3 is 48.0 Å². The maximum Gasteiger partial charge on any atom is 0.408 e. The third-order valence-electron chi connectivity index (χ3n) is 15.8. The van der Waals surface area contributed by atoms with Crippen LogP contribution in [0.5, 0.6) is 0 Å². The maximum atomic E-state index is 16.3. The SMILES string of the molecule is C=C[C@@H]1O[C@@H]2C3=C(C)[C@@H](OC(=O)[C@H](O[Si](C(C)C)(C(C)C)C(C)C)[C@@H](NC(=O)OC(C)(C)C)C(C)(F)F)C[C@@](O)([C@@H](OC(=O)c4ccccc4)[C@H]4[C@@](C)(CC[C@H]5OC[C@]54OC(C)=O)[C@@H]2O1)C3(C)C. The van der Waals surface area contributed by atoms with Gasteiger partial charge in [0.25, 0.3) is 5.92 Å². The molecule has 14 nitrogen and oxygen atoms in total. The summed E-state index contributed by atoms with van der Waals surface area (Å²) in [5, 5.41) is 16.3. The molecule has 12 atom stereocenters. The van der Waals surface area contributed by atoms with E-state index in [1.54, 1.807) is 71.9 Å². The fraction of sp³-hybridized carbons (Fsp3) is 0.725. The van der Waals surface area contributed by atoms with Gasteiger partial charge in [-0.15, -0.1) is 0 Å². The van der Waals surface area contributed by atoms with Crippen molar-refractivity contribution in [3.63, 3.8) is 0 Å². The van der Waals surface area contributed by atoms with Crippen LogP contribution in [-0.2, 0) is 47.2 Å². The van der Waals surface area contributed by atoms with Crippen LogP contribution in [0.4, 0.5) is 13.6 Å². The van der Waals surface area contributed by atoms with Crippen molar-refractivity contribution in [2.45, 2.75) is 211 Å². The van der Waals surface area contributed by atoms with Crippen molar-refractivity contribution >= 4 is 32.3 Å². The van der Waals surface area contributed by atoms with Crippen LogP contribution in [0.2, 0.25) is 16.6 Å². The number of halogens is 2. The van der Waals surface area contributed by atoms with Gasteiger partial charge in [0, 0.05) is 31.1 Å². The first-order valence-electron chi connectivity index (χ1n) is 24.0. The highest BCUT2D eigenvalue weighted by molar-refractivity contribution is 6.77. The van der Waals surface area contributed by atoms with Crippen molar-refractivity contribution in [1.82, 2.24) is 5.32 Å². The number of amides is 1. The number of rotatable bonds is 14. The van der Waals surface area contributed by atoms with Crippen LogP contribution in [0.25, 0.3) is 0 Å². The highest BCUT2D eigenvalue weighted by Crippen LogP contribution is 2.67. The number of benzene rings is 1. The molecule has 2 saturated heterocycles. The Hall–Kier alpha value is -3.74. The lowest BCUT2D eigenvalue weighted by atomic mass is 9.45. The Labute approximate surface area is 401 Å². The molecule has 0 unspecified atom stereocenters. The molecule has 0 spiro atoms. The van der Waals surface area contributed by atoms with E-state index in [1.165, 1.54) is 13.0 Å². The Morgan fingerprint density at radius 1 is 0.956 bits per heavy atom. The Kier molecular flexibility index (Phi) is 14.8. The average Bonchev–Trinajstić information content (AvgIpc) is 3.64. The van der Waals surface area contributed by atoms with E-state index in [9.17, 15) is 19.5 Å². The zero-order chi connectivity index (χ0) is 50.9. The second-order valence-corrected chi connectivity index (χ2v) is 27.9. The quantitative estimate of drug-likeness (QED) is 0.0783. The standard InChI is InChI=1S/C51H75F2NO13Si/c1-17-35-62-37-36-30(8)33(61-44(57)38(67-68(27(2)3,28(4)5)29(6)7)40(49(16,52)53)54-45(58)66-46(10,11)12)25-51(59,47(36,13)14)42(64-43(56)32-21-19-18-20-22-32)39-48(15,41(37)63-35)24-23-34-50(39,26-60-34)65-31(9)55/h17-22,27-29,33-35,37-42,59H,1,23-26H2,2-16H3,(H,54,58)/t33-,34+,35+,37+,38+,39-,40+,41+,42-,48+,50-,51+/m0/s1. The Balaban J connectivity index is 1.59. The molecule has 0 aromatic heterocycles. The normalized spacial score (nSPS) is 33.2. The highest BCUT2D eigenvalue weighted by atomic mass is 28.4. The number of hydrogen-bond donors (Lipinski definition) is 2. The summed E-state index contributed by atoms with van der Waals surface area (Å²) in [5.74, 6) is -7.40. The van der Waals surface area contributed by atoms with Crippen LogP contribution in [0.3, 0.4) is 0 Å². The Morgan fingerprint density at radius 2 is 1.56 bits per heavy atom. The topological polar surface area (TPSA) is 174 Å². The smallest absolute Gasteiger partial charge is 0.408 e. The molecular formula is C51H75F2NO13Si. The number of nitrogens with one attached hydrogen (secondary N) is 1. The van der Waals surface area contributed by atoms with Crippen molar-refractivity contribution in [1.29, 1.82) is 0 Å². The van der Waals surface area contributed by atoms with Gasteiger partial charge in [0.05, 0.1) is 24.2 Å². The molecule has 380 valence electrons. The molecule has 0 radical (unpaired) electrons. The van der Waals surface area contributed by atoms with Gasteiger partial charge in [-0.3, -0.25) is 4.79 Å². The van der Waals surface area contributed by atoms with Crippen molar-refractivity contribution < 1.29 is 70.6 Å². The summed E-state index contributed by atoms with van der Waals surface area (Å²) >= 11 is 0. The average molecular weight is 976 g/mol. The van der Waals surface area contributed by atoms with Crippen molar-refractivity contribution in [2.75, 3.05) is 6.61 Å². The van der Waals surface area contributed by atoms with Crippen LogP contribution in [0, 0.1) is 16.7 Å². The van der Waals surface area contributed by atoms with E-state index in [2.05, 4.69) is 11.9 Å². The molecular weight excluding hydrogens is 901 g/mol. The Morgan fingerprint density at radius 3 is 2.06 bits per heavy atom. The number of fused-ring (bicyclic) bond motifs is 8. The summed E-state index contributed by atoms with van der Waals surface area (Å²) < 4.78 is 84.0. The summed E-state index contributed by atoms with van der Waals surface area (Å²) in [6.45, 7) is 29.4. The molecule has 1 aromatic rings. The number of hydrogen-bond acceptors (Lipinski definition) is 13. The van der Waals surface area contributed by atoms with E-state index in [0.29, 0.717) is 30.9 Å². The monoisotopic (exact) mass is 975 g/mol. The van der Waals surface area contributed by atoms with Gasteiger partial charge in [-0.05, 0) is 86.5 Å². The number of carbonyl (C=O) groups is 4. The van der Waals surface area contributed by atoms with E-state index >= 15 is 13.6 Å². The van der Waals surface area contributed by atoms with Gasteiger partial charge in [0.15, 0.2) is 18.0 Å². The molecule has 2 aliphatic heterocycles. The predicted molar refractivity (Wildman–Crippen MR) is 250 cm³/mol. The van der Waals surface area contributed by atoms with Crippen molar-refractivity contribution in [2.24, 2.45) is 16.7 Å². The first-order chi connectivity index (χ1) is 31.3. The minimum atomic E-state index is -3.77. The molecule has 1 amide bonds. The Bertz CT molecular complexity index is 2100. The molecule has 2 heterocycles. The number of carbonyl (C=O) groups excluding carboxylic acids is 4. The second-order valence-electron chi connectivity index (χ2n) is 22.5. The number of alkyl carbamates (subject to hydrolysis) is 1. The lowest BCUT2D eigenvalue weighted by molar-refractivity contribution is -0.345. The molecule has 4 fully saturated rings. The van der Waals surface area contributed by atoms with Gasteiger partial charge in [0.1, 0.15) is 41.7 Å². The van der Waals surface area contributed by atoms with E-state index in [1.807, 2.05) is 48.5 Å². The molecule has 6 rings (SSSR count). The molecule has 3 aliphatic carbocycles. The molecule has 2 N–H and O–H groups in total. The van der Waals surface area contributed by atoms with Crippen molar-refractivity contribution in [3.05, 3.63) is 59.7 Å². The summed E-state index contributed by atoms with van der Waals surface area (Å²) in [6, 6.07) is 5.99. The highest BCUT2D eigenvalue weighted by Gasteiger charge is 2.77. The first kappa shape index (κ1) is 53.6. The zero-order valence-corrected chi connectivity index (χ0v) is 43.5. The first-order valence-corrected chi connectivity index (χ1v) is 26.2. The molecule has 5 aliphatic rings. The molecule has 17 heteroatoms. The lowest BCUT2D eigenvalue weighted by Crippen LogP contribution is -2.79. The molecule has 1 aromatic carbocycles. The van der Waals surface area contributed by atoms with Crippen molar-refractivity contribution in [3.8, 4) is 0 Å². The third-order valence-corrected chi connectivity index (χ3v) is 21.8. The van der Waals surface area contributed by atoms with Gasteiger partial charge in [-0.25, -0.2) is 23.2 Å². The van der Waals surface area contributed by atoms with E-state index in [4.69, 9.17) is 37.6 Å². The number of alkyl halides is 2. The number of esters is 3. The lowest BCUT2D eigenvalue weighted by Gasteiger charge is -2.68. The fourth-order valence-electron chi connectivity index (χ4n) is 12.7. The van der Waals surface area contributed by atoms with Gasteiger partial charge >= 0.3 is 24.0 Å². The summed E-state index contributed by atoms with van der Waals surface area (Å²) in [6.07, 6.45) is -7.65. The largest absolute Gasteiger partial charge is 0.456 e. The van der Waals surface area contributed by atoms with E-state index in [-0.39, 0.29) is 28.8 Å². The second kappa shape index (κ2) is 18.8. The van der Waals surface area contributed by atoms with Crippen LogP contribution in [0.15, 0.2) is 54.1 Å². The van der Waals surface area contributed by atoms with Gasteiger partial charge in [-0.2, -0.15) is 0 Å². The third kappa shape index (κ3) is 9.21. The number of ether oxygens (including phenoxy) is 7. The van der Waals surface area contributed by atoms with Crippen LogP contribution < -0.4 is 5.32 Å². The zero-order valence-electron chi connectivity index (χ0n) is 42.5. The summed E-state index contributed by atoms with van der Waals surface area (Å²) in [5.41, 5.74) is -6.61. The maximum absolute atomic E-state index is 16.3. The van der Waals surface area contributed by atoms with Crippen LogP contribution >= 0.6 is 0 Å². The van der Waals surface area contributed by atoms with Gasteiger partial charge in [0.2, 0.25) is 8.32 Å². The van der Waals surface area contributed by atoms with E-state index < -0.39 is 127 Å². The van der Waals surface area contributed by atoms with Crippen LogP contribution in [0.1, 0.15) is 133 Å². The summed E-state index contributed by atoms with van der Waals surface area (Å²) in [7, 11) is -3.24. The molecule has 2 bridgehead atoms. The van der Waals surface area contributed by atoms with Crippen LogP contribution in [-0.4, -0.2) is 116 Å². The number of aliphatic hydroxyl groups is 1. The molecule has 68 heavy (non-hydrogen) atoms. The minimum absolute atomic E-state index is 0.0832. The summed E-state index contributed by atoms with van der Waals surface area (Å²) in [4.78, 5) is 56.5. The minimum Gasteiger partial charge on any atom is -0.456 e. The van der Waals surface area contributed by atoms with E-state index in [0.717, 1.165) is 0 Å². The predicted octanol–water partition coefficient (Wildman–Crippen LogP) is 9.14. The molecule has 2 saturated carbocycles. The van der Waals surface area contributed by atoms with Gasteiger partial charge in [-0.1, -0.05) is 87.1 Å².